The third-order valence-corrected chi connectivity index (χ3v) is 4.09. The maximum absolute atomic E-state index is 13.1. The van der Waals surface area contributed by atoms with Crippen LogP contribution < -0.4 is 5.32 Å². The van der Waals surface area contributed by atoms with E-state index in [0.29, 0.717) is 11.4 Å². The number of rotatable bonds is 7. The Morgan fingerprint density at radius 3 is 2.54 bits per heavy atom. The molecule has 138 valence electrons. The van der Waals surface area contributed by atoms with E-state index in [-0.39, 0.29) is 24.6 Å². The average Bonchev–Trinajstić information content (AvgIpc) is 2.87. The van der Waals surface area contributed by atoms with Gasteiger partial charge in [0.25, 0.3) is 0 Å². The number of nitrogens with one attached hydrogen (secondary N) is 1. The lowest BCUT2D eigenvalue weighted by Gasteiger charge is -2.13. The van der Waals surface area contributed by atoms with Crippen molar-refractivity contribution in [2.24, 2.45) is 0 Å². The number of carbonyl (C=O) groups is 2. The number of carbonyl (C=O) groups excluding carboxylic acids is 1. The number of benzene rings is 1. The van der Waals surface area contributed by atoms with Gasteiger partial charge >= 0.3 is 5.97 Å². The first-order valence-electron chi connectivity index (χ1n) is 8.27. The molecule has 1 aromatic heterocycles. The van der Waals surface area contributed by atoms with Crippen molar-refractivity contribution in [3.8, 4) is 5.69 Å². The Balaban J connectivity index is 2.17. The van der Waals surface area contributed by atoms with E-state index in [0.717, 1.165) is 11.3 Å². The molecule has 2 N–H and O–H groups in total. The van der Waals surface area contributed by atoms with Crippen molar-refractivity contribution in [1.82, 2.24) is 15.1 Å². The molecular weight excluding hydrogens is 337 g/mol. The molecule has 0 bridgehead atoms. The Hall–Kier alpha value is -2.96. The predicted molar refractivity (Wildman–Crippen MR) is 95.7 cm³/mol. The van der Waals surface area contributed by atoms with Crippen molar-refractivity contribution in [2.75, 3.05) is 0 Å². The number of hydrogen-bond acceptors (Lipinski definition) is 3. The van der Waals surface area contributed by atoms with Crippen LogP contribution in [0.25, 0.3) is 5.69 Å². The second-order valence-electron chi connectivity index (χ2n) is 5.98. The Kier molecular flexibility index (Phi) is 6.27. The first-order chi connectivity index (χ1) is 12.3. The highest BCUT2D eigenvalue weighted by Crippen LogP contribution is 2.19. The number of hydrogen-bond donors (Lipinski definition) is 2. The second kappa shape index (κ2) is 8.42. The summed E-state index contributed by atoms with van der Waals surface area (Å²) in [5.74, 6) is -1.80. The Morgan fingerprint density at radius 2 is 1.96 bits per heavy atom. The van der Waals surface area contributed by atoms with Crippen LogP contribution in [0.1, 0.15) is 30.3 Å². The summed E-state index contributed by atoms with van der Waals surface area (Å²) in [6.45, 7) is 5.39. The van der Waals surface area contributed by atoms with Crippen LogP contribution in [-0.2, 0) is 16.0 Å². The van der Waals surface area contributed by atoms with Crippen LogP contribution in [0.15, 0.2) is 36.4 Å². The van der Waals surface area contributed by atoms with Crippen LogP contribution in [0.3, 0.4) is 0 Å². The van der Waals surface area contributed by atoms with Crippen LogP contribution >= 0.6 is 0 Å². The van der Waals surface area contributed by atoms with Gasteiger partial charge in [-0.1, -0.05) is 12.2 Å². The standard InChI is InChI=1S/C19H22FN3O3/c1-4-5-6-17(19(25)26)21-18(24)11-16-12(2)22-23(13(16)3)15-9-7-14(20)8-10-15/h4-5,7-10,17H,6,11H2,1-3H3,(H,21,24)(H,25,26)/b5-4+. The minimum absolute atomic E-state index is 0.0263. The van der Waals surface area contributed by atoms with Crippen molar-refractivity contribution in [3.05, 3.63) is 59.2 Å². The largest absolute Gasteiger partial charge is 0.480 e. The maximum atomic E-state index is 13.1. The highest BCUT2D eigenvalue weighted by molar-refractivity contribution is 5.85. The minimum atomic E-state index is -1.08. The van der Waals surface area contributed by atoms with Crippen LogP contribution in [0.5, 0.6) is 0 Å². The van der Waals surface area contributed by atoms with Gasteiger partial charge in [0, 0.05) is 11.3 Å². The summed E-state index contributed by atoms with van der Waals surface area (Å²) in [5, 5.41) is 16.2. The molecule has 1 unspecified atom stereocenters. The van der Waals surface area contributed by atoms with E-state index in [1.54, 1.807) is 42.8 Å². The molecule has 0 saturated carbocycles. The number of amides is 1. The summed E-state index contributed by atoms with van der Waals surface area (Å²) in [6, 6.07) is 4.94. The fourth-order valence-corrected chi connectivity index (χ4v) is 2.66. The normalized spacial score (nSPS) is 12.3. The molecule has 0 aliphatic heterocycles. The van der Waals surface area contributed by atoms with Gasteiger partial charge < -0.3 is 10.4 Å². The molecule has 2 rings (SSSR count). The molecule has 1 heterocycles. The van der Waals surface area contributed by atoms with Gasteiger partial charge in [0.15, 0.2) is 0 Å². The van der Waals surface area contributed by atoms with Gasteiger partial charge in [-0.15, -0.1) is 0 Å². The summed E-state index contributed by atoms with van der Waals surface area (Å²) in [7, 11) is 0. The van der Waals surface area contributed by atoms with E-state index < -0.39 is 12.0 Å². The lowest BCUT2D eigenvalue weighted by molar-refractivity contribution is -0.141. The van der Waals surface area contributed by atoms with E-state index >= 15 is 0 Å². The molecule has 2 aromatic rings. The molecule has 7 heteroatoms. The average molecular weight is 359 g/mol. The van der Waals surface area contributed by atoms with Crippen molar-refractivity contribution >= 4 is 11.9 Å². The number of carboxylic acids is 1. The van der Waals surface area contributed by atoms with Crippen molar-refractivity contribution in [1.29, 1.82) is 0 Å². The monoisotopic (exact) mass is 359 g/mol. The molecule has 1 atom stereocenters. The Morgan fingerprint density at radius 1 is 1.31 bits per heavy atom. The van der Waals surface area contributed by atoms with Gasteiger partial charge in [0.05, 0.1) is 17.8 Å². The molecule has 0 aliphatic carbocycles. The SMILES string of the molecule is C/C=C/CC(NC(=O)Cc1c(C)nn(-c2ccc(F)cc2)c1C)C(=O)O. The fraction of sp³-hybridized carbons (Fsp3) is 0.316. The number of aryl methyl sites for hydroxylation is 1. The van der Waals surface area contributed by atoms with E-state index in [4.69, 9.17) is 0 Å². The van der Waals surface area contributed by atoms with Gasteiger partial charge in [-0.25, -0.2) is 13.9 Å². The van der Waals surface area contributed by atoms with Gasteiger partial charge in [-0.05, 0) is 51.5 Å². The van der Waals surface area contributed by atoms with E-state index in [1.807, 2.05) is 6.92 Å². The third-order valence-electron chi connectivity index (χ3n) is 4.09. The zero-order valence-corrected chi connectivity index (χ0v) is 15.0. The van der Waals surface area contributed by atoms with Crippen molar-refractivity contribution in [3.63, 3.8) is 0 Å². The summed E-state index contributed by atoms with van der Waals surface area (Å²) in [6.07, 6.45) is 3.69. The van der Waals surface area contributed by atoms with Gasteiger partial charge in [-0.3, -0.25) is 4.79 Å². The number of allylic oxidation sites excluding steroid dienone is 1. The molecule has 0 radical (unpaired) electrons. The summed E-state index contributed by atoms with van der Waals surface area (Å²) >= 11 is 0. The Labute approximate surface area is 151 Å². The highest BCUT2D eigenvalue weighted by Gasteiger charge is 2.21. The van der Waals surface area contributed by atoms with Crippen LogP contribution in [-0.4, -0.2) is 32.8 Å². The molecule has 1 amide bonds. The zero-order valence-electron chi connectivity index (χ0n) is 15.0. The zero-order chi connectivity index (χ0) is 19.3. The van der Waals surface area contributed by atoms with E-state index in [1.165, 1.54) is 12.1 Å². The van der Waals surface area contributed by atoms with Crippen LogP contribution in [0.2, 0.25) is 0 Å². The van der Waals surface area contributed by atoms with Crippen LogP contribution in [0, 0.1) is 19.7 Å². The predicted octanol–water partition coefficient (Wildman–Crippen LogP) is 2.71. The first kappa shape index (κ1) is 19.4. The van der Waals surface area contributed by atoms with Crippen LogP contribution in [0.4, 0.5) is 4.39 Å². The summed E-state index contributed by atoms with van der Waals surface area (Å²) < 4.78 is 14.7. The van der Waals surface area contributed by atoms with Gasteiger partial charge in [-0.2, -0.15) is 5.10 Å². The first-order valence-corrected chi connectivity index (χ1v) is 8.27. The molecule has 0 saturated heterocycles. The fourth-order valence-electron chi connectivity index (χ4n) is 2.66. The van der Waals surface area contributed by atoms with Gasteiger partial charge in [0.1, 0.15) is 11.9 Å². The molecular formula is C19H22FN3O3. The van der Waals surface area contributed by atoms with Crippen molar-refractivity contribution < 1.29 is 19.1 Å². The molecule has 6 nitrogen and oxygen atoms in total. The molecule has 0 spiro atoms. The van der Waals surface area contributed by atoms with E-state index in [9.17, 15) is 19.1 Å². The molecule has 0 fully saturated rings. The molecule has 1 aromatic carbocycles. The minimum Gasteiger partial charge on any atom is -0.480 e. The maximum Gasteiger partial charge on any atom is 0.326 e. The van der Waals surface area contributed by atoms with Gasteiger partial charge in [0.2, 0.25) is 5.91 Å². The smallest absolute Gasteiger partial charge is 0.326 e. The second-order valence-corrected chi connectivity index (χ2v) is 5.98. The molecule has 0 aliphatic rings. The molecule has 26 heavy (non-hydrogen) atoms. The quantitative estimate of drug-likeness (QED) is 0.745. The number of aromatic nitrogens is 2. The number of nitrogens with zero attached hydrogens (tertiary/aromatic N) is 2. The summed E-state index contributed by atoms with van der Waals surface area (Å²) in [4.78, 5) is 23.5. The lowest BCUT2D eigenvalue weighted by atomic mass is 10.1. The van der Waals surface area contributed by atoms with E-state index in [2.05, 4.69) is 10.4 Å². The highest BCUT2D eigenvalue weighted by atomic mass is 19.1. The topological polar surface area (TPSA) is 84.2 Å². The summed E-state index contributed by atoms with van der Waals surface area (Å²) in [5.41, 5.74) is 2.84. The number of aliphatic carboxylic acids is 1. The number of carboxylic acid groups (broad SMARTS) is 1. The lowest BCUT2D eigenvalue weighted by Crippen LogP contribution is -2.41. The Bertz CT molecular complexity index is 825. The third kappa shape index (κ3) is 4.56. The number of halogens is 1. The van der Waals surface area contributed by atoms with Crippen molar-refractivity contribution in [2.45, 2.75) is 39.7 Å².